The van der Waals surface area contributed by atoms with Crippen LogP contribution in [0, 0.1) is 0 Å². The first-order chi connectivity index (χ1) is 5.30. The molecule has 1 unspecified atom stereocenters. The number of benzene rings is 1. The number of halogens is 2. The van der Waals surface area contributed by atoms with Crippen LogP contribution in [-0.2, 0) is 21.1 Å². The molecular formula is C10H15Cl2NPt. The molecule has 84 valence electrons. The van der Waals surface area contributed by atoms with Crippen LogP contribution in [-0.4, -0.2) is 0 Å². The van der Waals surface area contributed by atoms with Crippen LogP contribution in [0.2, 0.25) is 0 Å². The fraction of sp³-hybridized carbons (Fsp3) is 0.200. The normalized spacial score (nSPS) is 8.71. The molecule has 1 rings (SSSR count). The zero-order chi connectivity index (χ0) is 8.69. The van der Waals surface area contributed by atoms with Gasteiger partial charge in [-0.05, 0) is 12.5 Å². The minimum Gasteiger partial charge on any atom is -1.00 e. The Morgan fingerprint density at radius 3 is 1.64 bits per heavy atom. The molecular weight excluding hydrogens is 400 g/mol. The monoisotopic (exact) mass is 414 g/mol. The quantitative estimate of drug-likeness (QED) is 0.474. The SMILES string of the molecule is C=C.CC(N)c1ccccc1.[Cl-].[Cl-].[Pt+2]. The third-order valence-corrected chi connectivity index (χ3v) is 1.33. The van der Waals surface area contributed by atoms with Crippen molar-refractivity contribution in [1.29, 1.82) is 0 Å². The molecule has 0 saturated carbocycles. The molecule has 2 N–H and O–H groups in total. The third kappa shape index (κ3) is 10.3. The molecule has 0 aromatic heterocycles. The van der Waals surface area contributed by atoms with Gasteiger partial charge in [-0.25, -0.2) is 0 Å². The van der Waals surface area contributed by atoms with Crippen molar-refractivity contribution in [2.24, 2.45) is 5.73 Å². The molecule has 0 spiro atoms. The van der Waals surface area contributed by atoms with Crippen LogP contribution in [0.5, 0.6) is 0 Å². The second-order valence-corrected chi connectivity index (χ2v) is 2.20. The predicted molar refractivity (Wildman–Crippen MR) is 50.3 cm³/mol. The third-order valence-electron chi connectivity index (χ3n) is 1.33. The fourth-order valence-corrected chi connectivity index (χ4v) is 0.757. The molecule has 0 amide bonds. The van der Waals surface area contributed by atoms with E-state index in [9.17, 15) is 0 Å². The van der Waals surface area contributed by atoms with Crippen molar-refractivity contribution >= 4 is 0 Å². The first-order valence-electron chi connectivity index (χ1n) is 3.61. The Labute approximate surface area is 113 Å². The van der Waals surface area contributed by atoms with Crippen LogP contribution < -0.4 is 30.5 Å². The van der Waals surface area contributed by atoms with Gasteiger partial charge in [-0.1, -0.05) is 30.3 Å². The summed E-state index contributed by atoms with van der Waals surface area (Å²) in [6, 6.07) is 10.2. The van der Waals surface area contributed by atoms with E-state index in [0.29, 0.717) is 0 Å². The Bertz CT molecular complexity index is 193. The van der Waals surface area contributed by atoms with Gasteiger partial charge in [0.1, 0.15) is 0 Å². The van der Waals surface area contributed by atoms with E-state index in [-0.39, 0.29) is 51.9 Å². The molecule has 0 radical (unpaired) electrons. The number of hydrogen-bond donors (Lipinski definition) is 1. The van der Waals surface area contributed by atoms with E-state index in [2.05, 4.69) is 13.2 Å². The van der Waals surface area contributed by atoms with Crippen LogP contribution >= 0.6 is 0 Å². The average Bonchev–Trinajstić information content (AvgIpc) is 2.10. The van der Waals surface area contributed by atoms with E-state index in [4.69, 9.17) is 5.73 Å². The van der Waals surface area contributed by atoms with Gasteiger partial charge in [0.2, 0.25) is 0 Å². The van der Waals surface area contributed by atoms with E-state index in [1.54, 1.807) is 0 Å². The maximum Gasteiger partial charge on any atom is 2.00 e. The van der Waals surface area contributed by atoms with E-state index in [0.717, 1.165) is 0 Å². The van der Waals surface area contributed by atoms with Crippen LogP contribution in [0.15, 0.2) is 43.5 Å². The standard InChI is InChI=1S/C8H11N.C2H4.2ClH.Pt/c1-7(9)8-5-3-2-4-6-8;1-2;;;/h2-7H,9H2,1H3;1-2H2;2*1H;/q;;;;+2/p-2. The zero-order valence-corrected chi connectivity index (χ0v) is 11.8. The molecule has 0 aliphatic rings. The van der Waals surface area contributed by atoms with Crippen LogP contribution in [0.1, 0.15) is 18.5 Å². The summed E-state index contributed by atoms with van der Waals surface area (Å²) in [7, 11) is 0. The van der Waals surface area contributed by atoms with Gasteiger partial charge >= 0.3 is 21.1 Å². The van der Waals surface area contributed by atoms with Crippen molar-refractivity contribution in [2.75, 3.05) is 0 Å². The summed E-state index contributed by atoms with van der Waals surface area (Å²) in [6.45, 7) is 7.98. The molecule has 0 saturated heterocycles. The van der Waals surface area contributed by atoms with E-state index in [1.165, 1.54) is 5.56 Å². The van der Waals surface area contributed by atoms with Gasteiger partial charge in [0, 0.05) is 6.04 Å². The summed E-state index contributed by atoms with van der Waals surface area (Å²) in [5.41, 5.74) is 6.81. The Hall–Kier alpha value is 0.188. The molecule has 4 heteroatoms. The Kier molecular flexibility index (Phi) is 26.6. The van der Waals surface area contributed by atoms with Crippen molar-refractivity contribution in [3.63, 3.8) is 0 Å². The van der Waals surface area contributed by atoms with Crippen LogP contribution in [0.3, 0.4) is 0 Å². The van der Waals surface area contributed by atoms with E-state index >= 15 is 0 Å². The molecule has 1 nitrogen and oxygen atoms in total. The molecule has 0 bridgehead atoms. The van der Waals surface area contributed by atoms with E-state index < -0.39 is 0 Å². The maximum atomic E-state index is 5.61. The van der Waals surface area contributed by atoms with Gasteiger partial charge in [-0.3, -0.25) is 0 Å². The molecule has 14 heavy (non-hydrogen) atoms. The molecule has 0 aliphatic heterocycles. The fourth-order valence-electron chi connectivity index (χ4n) is 0.757. The first kappa shape index (κ1) is 23.8. The predicted octanol–water partition coefficient (Wildman–Crippen LogP) is -3.49. The van der Waals surface area contributed by atoms with Gasteiger partial charge in [0.05, 0.1) is 0 Å². The smallest absolute Gasteiger partial charge is 1.00 e. The van der Waals surface area contributed by atoms with E-state index in [1.807, 2.05) is 37.3 Å². The molecule has 0 heterocycles. The summed E-state index contributed by atoms with van der Waals surface area (Å²) >= 11 is 0. The zero-order valence-electron chi connectivity index (χ0n) is 8.03. The van der Waals surface area contributed by atoms with Crippen molar-refractivity contribution in [2.45, 2.75) is 13.0 Å². The minimum absolute atomic E-state index is 0. The first-order valence-corrected chi connectivity index (χ1v) is 3.61. The minimum atomic E-state index is 0. The van der Waals surface area contributed by atoms with Gasteiger partial charge < -0.3 is 30.5 Å². The Morgan fingerprint density at radius 1 is 1.07 bits per heavy atom. The second-order valence-electron chi connectivity index (χ2n) is 2.20. The average molecular weight is 415 g/mol. The van der Waals surface area contributed by atoms with Crippen LogP contribution in [0.25, 0.3) is 0 Å². The molecule has 1 aromatic carbocycles. The summed E-state index contributed by atoms with van der Waals surface area (Å²) in [4.78, 5) is 0. The number of nitrogens with two attached hydrogens (primary N) is 1. The van der Waals surface area contributed by atoms with Crippen LogP contribution in [0.4, 0.5) is 0 Å². The van der Waals surface area contributed by atoms with Crippen molar-refractivity contribution in [3.8, 4) is 0 Å². The summed E-state index contributed by atoms with van der Waals surface area (Å²) in [6.07, 6.45) is 0. The van der Waals surface area contributed by atoms with Crippen molar-refractivity contribution in [1.82, 2.24) is 0 Å². The number of rotatable bonds is 1. The molecule has 0 fully saturated rings. The summed E-state index contributed by atoms with van der Waals surface area (Å²) in [5, 5.41) is 0. The number of hydrogen-bond acceptors (Lipinski definition) is 1. The second kappa shape index (κ2) is 15.7. The largest absolute Gasteiger partial charge is 2.00 e. The van der Waals surface area contributed by atoms with Gasteiger partial charge in [0.25, 0.3) is 0 Å². The molecule has 0 aliphatic carbocycles. The molecule has 1 aromatic rings. The Balaban J connectivity index is -0.0000000942. The molecule has 1 atom stereocenters. The van der Waals surface area contributed by atoms with Crippen molar-refractivity contribution < 1.29 is 45.9 Å². The summed E-state index contributed by atoms with van der Waals surface area (Å²) < 4.78 is 0. The topological polar surface area (TPSA) is 26.0 Å². The Morgan fingerprint density at radius 2 is 1.43 bits per heavy atom. The van der Waals surface area contributed by atoms with Gasteiger partial charge in [-0.2, -0.15) is 0 Å². The van der Waals surface area contributed by atoms with Gasteiger partial charge in [0.15, 0.2) is 0 Å². The van der Waals surface area contributed by atoms with Crippen molar-refractivity contribution in [3.05, 3.63) is 49.1 Å². The van der Waals surface area contributed by atoms with Gasteiger partial charge in [-0.15, -0.1) is 13.2 Å². The maximum absolute atomic E-state index is 5.61. The summed E-state index contributed by atoms with van der Waals surface area (Å²) in [5.74, 6) is 0.